The zero-order valence-corrected chi connectivity index (χ0v) is 6.74. The maximum absolute atomic E-state index is 2.20. The summed E-state index contributed by atoms with van der Waals surface area (Å²) in [5, 5.41) is 0. The molecule has 0 N–H and O–H groups in total. The topological polar surface area (TPSA) is 0 Å². The highest BCUT2D eigenvalue weighted by atomic mass is 13.8. The Morgan fingerprint density at radius 3 is 1.27 bits per heavy atom. The van der Waals surface area contributed by atoms with Gasteiger partial charge >= 0.3 is 0 Å². The Morgan fingerprint density at radius 2 is 0.818 bits per heavy atom. The van der Waals surface area contributed by atoms with E-state index in [1.54, 1.807) is 0 Å². The van der Waals surface area contributed by atoms with Crippen LogP contribution in [0.4, 0.5) is 0 Å². The number of rotatable bonds is 0. The van der Waals surface area contributed by atoms with Gasteiger partial charge in [-0.25, -0.2) is 0 Å². The summed E-state index contributed by atoms with van der Waals surface area (Å²) in [5.41, 5.74) is 0. The minimum absolute atomic E-state index is 1.05. The van der Waals surface area contributed by atoms with Gasteiger partial charge < -0.3 is 0 Å². The highest BCUT2D eigenvalue weighted by molar-refractivity contribution is 5.08. The second kappa shape index (κ2) is 5.72. The fraction of sp³-hybridized carbons (Fsp3) is 0.273. The molecule has 1 aliphatic carbocycles. The van der Waals surface area contributed by atoms with Crippen molar-refractivity contribution in [2.24, 2.45) is 0 Å². The standard InChI is InChI=1S/C11H14/c1-2-4-6-8-10-11-9-7-5-3-1/h1-4,7-10H,5-6,11H2. The van der Waals surface area contributed by atoms with Crippen molar-refractivity contribution >= 4 is 0 Å². The Balaban J connectivity index is 2.47. The van der Waals surface area contributed by atoms with Gasteiger partial charge in [0.25, 0.3) is 0 Å². The summed E-state index contributed by atoms with van der Waals surface area (Å²) in [7, 11) is 0. The fourth-order valence-corrected chi connectivity index (χ4v) is 0.935. The molecule has 0 amide bonds. The van der Waals surface area contributed by atoms with Crippen molar-refractivity contribution in [3.63, 3.8) is 0 Å². The van der Waals surface area contributed by atoms with Crippen LogP contribution in [0.25, 0.3) is 0 Å². The average Bonchev–Trinajstić information content (AvgIpc) is 2.08. The van der Waals surface area contributed by atoms with E-state index in [4.69, 9.17) is 0 Å². The van der Waals surface area contributed by atoms with Crippen LogP contribution in [-0.4, -0.2) is 0 Å². The molecular weight excluding hydrogens is 132 g/mol. The van der Waals surface area contributed by atoms with Crippen molar-refractivity contribution in [3.8, 4) is 0 Å². The zero-order valence-electron chi connectivity index (χ0n) is 6.74. The molecule has 0 bridgehead atoms. The Bertz CT molecular complexity index is 170. The Morgan fingerprint density at radius 1 is 0.455 bits per heavy atom. The van der Waals surface area contributed by atoms with Crippen LogP contribution < -0.4 is 0 Å². The summed E-state index contributed by atoms with van der Waals surface area (Å²) in [6, 6.07) is 0. The van der Waals surface area contributed by atoms with Crippen LogP contribution >= 0.6 is 0 Å². The van der Waals surface area contributed by atoms with E-state index in [0.29, 0.717) is 0 Å². The summed E-state index contributed by atoms with van der Waals surface area (Å²) < 4.78 is 0. The molecule has 0 unspecified atom stereocenters. The quantitative estimate of drug-likeness (QED) is 0.459. The molecule has 0 nitrogen and oxygen atoms in total. The third-order valence-corrected chi connectivity index (χ3v) is 1.53. The highest BCUT2D eigenvalue weighted by Gasteiger charge is 1.75. The second-order valence-electron chi connectivity index (χ2n) is 2.51. The van der Waals surface area contributed by atoms with Gasteiger partial charge in [0, 0.05) is 0 Å². The van der Waals surface area contributed by atoms with Crippen molar-refractivity contribution < 1.29 is 0 Å². The monoisotopic (exact) mass is 146 g/mol. The smallest absolute Gasteiger partial charge is 0.0166 e. The average molecular weight is 146 g/mol. The molecule has 0 saturated carbocycles. The molecule has 1 rings (SSSR count). The van der Waals surface area contributed by atoms with Crippen molar-refractivity contribution in [1.29, 1.82) is 0 Å². The van der Waals surface area contributed by atoms with Crippen molar-refractivity contribution in [3.05, 3.63) is 48.6 Å². The van der Waals surface area contributed by atoms with Crippen molar-refractivity contribution in [2.75, 3.05) is 0 Å². The molecule has 0 heteroatoms. The molecule has 0 fully saturated rings. The maximum atomic E-state index is 2.20. The lowest BCUT2D eigenvalue weighted by Crippen LogP contribution is -1.59. The van der Waals surface area contributed by atoms with Gasteiger partial charge in [-0.15, -0.1) is 0 Å². The molecule has 0 heterocycles. The van der Waals surface area contributed by atoms with Crippen LogP contribution in [-0.2, 0) is 0 Å². The number of allylic oxidation sites excluding steroid dienone is 8. The van der Waals surface area contributed by atoms with Crippen LogP contribution in [0.1, 0.15) is 19.3 Å². The second-order valence-corrected chi connectivity index (χ2v) is 2.51. The Labute approximate surface area is 68.6 Å². The fourth-order valence-electron chi connectivity index (χ4n) is 0.935. The maximum Gasteiger partial charge on any atom is -0.0166 e. The Hall–Kier alpha value is -1.04. The van der Waals surface area contributed by atoms with Gasteiger partial charge in [0.2, 0.25) is 0 Å². The molecule has 58 valence electrons. The largest absolute Gasteiger partial charge is 0.0844 e. The normalized spacial score (nSPS) is 18.2. The first-order valence-corrected chi connectivity index (χ1v) is 4.12. The molecule has 0 spiro atoms. The zero-order chi connectivity index (χ0) is 7.78. The summed E-state index contributed by atoms with van der Waals surface area (Å²) in [4.78, 5) is 0. The van der Waals surface area contributed by atoms with Gasteiger partial charge in [-0.2, -0.15) is 0 Å². The van der Waals surface area contributed by atoms with E-state index < -0.39 is 0 Å². The summed E-state index contributed by atoms with van der Waals surface area (Å²) >= 11 is 0. The minimum atomic E-state index is 1.05. The van der Waals surface area contributed by atoms with E-state index in [0.717, 1.165) is 19.3 Å². The van der Waals surface area contributed by atoms with E-state index in [-0.39, 0.29) is 0 Å². The first-order chi connectivity index (χ1) is 5.50. The van der Waals surface area contributed by atoms with E-state index >= 15 is 0 Å². The third kappa shape index (κ3) is 4.38. The van der Waals surface area contributed by atoms with E-state index in [1.807, 2.05) is 0 Å². The number of hydrogen-bond donors (Lipinski definition) is 0. The van der Waals surface area contributed by atoms with Crippen LogP contribution in [0.15, 0.2) is 48.6 Å². The molecule has 0 atom stereocenters. The van der Waals surface area contributed by atoms with E-state index in [9.17, 15) is 0 Å². The summed E-state index contributed by atoms with van der Waals surface area (Å²) in [6.45, 7) is 0. The van der Waals surface area contributed by atoms with Gasteiger partial charge in [0.15, 0.2) is 0 Å². The molecule has 0 radical (unpaired) electrons. The molecule has 0 aromatic carbocycles. The predicted octanol–water partition coefficient (Wildman–Crippen LogP) is 3.40. The molecule has 11 heavy (non-hydrogen) atoms. The molecule has 0 saturated heterocycles. The molecule has 0 aromatic heterocycles. The lowest BCUT2D eigenvalue weighted by atomic mass is 10.3. The Kier molecular flexibility index (Phi) is 4.19. The van der Waals surface area contributed by atoms with Crippen LogP contribution in [0, 0.1) is 0 Å². The first-order valence-electron chi connectivity index (χ1n) is 4.12. The van der Waals surface area contributed by atoms with E-state index in [1.165, 1.54) is 0 Å². The highest BCUT2D eigenvalue weighted by Crippen LogP contribution is 1.96. The van der Waals surface area contributed by atoms with Crippen molar-refractivity contribution in [2.45, 2.75) is 19.3 Å². The minimum Gasteiger partial charge on any atom is -0.0844 e. The lowest BCUT2D eigenvalue weighted by Gasteiger charge is -1.80. The van der Waals surface area contributed by atoms with Gasteiger partial charge in [0.1, 0.15) is 0 Å². The van der Waals surface area contributed by atoms with Gasteiger partial charge in [-0.1, -0.05) is 48.6 Å². The van der Waals surface area contributed by atoms with Gasteiger partial charge in [-0.05, 0) is 19.3 Å². The molecule has 1 aliphatic rings. The molecule has 0 aliphatic heterocycles. The van der Waals surface area contributed by atoms with Gasteiger partial charge in [0.05, 0.1) is 0 Å². The summed E-state index contributed by atoms with van der Waals surface area (Å²) in [5.74, 6) is 0. The lowest BCUT2D eigenvalue weighted by molar-refractivity contribution is 1.29. The first kappa shape index (κ1) is 8.06. The van der Waals surface area contributed by atoms with Crippen molar-refractivity contribution in [1.82, 2.24) is 0 Å². The van der Waals surface area contributed by atoms with E-state index in [2.05, 4.69) is 48.6 Å². The predicted molar refractivity (Wildman–Crippen MR) is 50.4 cm³/mol. The summed E-state index contributed by atoms with van der Waals surface area (Å²) in [6.07, 6.45) is 20.5. The van der Waals surface area contributed by atoms with Crippen LogP contribution in [0.2, 0.25) is 0 Å². The SMILES string of the molecule is C1=CCC=CCC=CCC=C1. The number of hydrogen-bond acceptors (Lipinski definition) is 0. The molecular formula is C11H14. The third-order valence-electron chi connectivity index (χ3n) is 1.53. The van der Waals surface area contributed by atoms with Crippen LogP contribution in [0.3, 0.4) is 0 Å². The molecule has 0 aromatic rings. The van der Waals surface area contributed by atoms with Crippen LogP contribution in [0.5, 0.6) is 0 Å². The van der Waals surface area contributed by atoms with Gasteiger partial charge in [-0.3, -0.25) is 0 Å².